The third kappa shape index (κ3) is 1.86. The Morgan fingerprint density at radius 1 is 0.586 bits per heavy atom. The van der Waals surface area contributed by atoms with Gasteiger partial charge in [-0.25, -0.2) is 4.68 Å². The van der Waals surface area contributed by atoms with Crippen molar-refractivity contribution in [1.82, 2.24) is 9.78 Å². The maximum absolute atomic E-state index is 4.99. The fourth-order valence-electron chi connectivity index (χ4n) is 5.04. The number of hydrogen-bond donors (Lipinski definition) is 0. The number of anilines is 2. The zero-order chi connectivity index (χ0) is 18.9. The largest absolute Gasteiger partial charge is 0.360 e. The van der Waals surface area contributed by atoms with Crippen LogP contribution in [0.3, 0.4) is 0 Å². The van der Waals surface area contributed by atoms with Gasteiger partial charge in [0.25, 0.3) is 0 Å². The van der Waals surface area contributed by atoms with Gasteiger partial charge < -0.3 is 4.81 Å². The van der Waals surface area contributed by atoms with E-state index in [1.807, 2.05) is 0 Å². The number of fused-ring (bicyclic) bond motifs is 13. The summed E-state index contributed by atoms with van der Waals surface area (Å²) in [5, 5.41) is 6.17. The molecule has 0 amide bonds. The number of benzene rings is 4. The van der Waals surface area contributed by atoms with Gasteiger partial charge in [0.05, 0.1) is 11.2 Å². The van der Waals surface area contributed by atoms with Crippen molar-refractivity contribution < 1.29 is 0 Å². The van der Waals surface area contributed by atoms with Crippen molar-refractivity contribution in [2.45, 2.75) is 0 Å². The molecule has 0 bridgehead atoms. The summed E-state index contributed by atoms with van der Waals surface area (Å²) < 4.78 is 2.13. The number of para-hydroxylation sites is 2. The minimum atomic E-state index is 0.130. The van der Waals surface area contributed by atoms with Crippen LogP contribution in [0.25, 0.3) is 27.7 Å². The van der Waals surface area contributed by atoms with Gasteiger partial charge in [0.1, 0.15) is 5.82 Å². The van der Waals surface area contributed by atoms with Gasteiger partial charge in [0.15, 0.2) is 0 Å². The Hall–Kier alpha value is -3.79. The molecule has 29 heavy (non-hydrogen) atoms. The van der Waals surface area contributed by atoms with Crippen LogP contribution in [0, 0.1) is 0 Å². The van der Waals surface area contributed by atoms with E-state index >= 15 is 0 Å². The molecule has 2 aliphatic heterocycles. The van der Waals surface area contributed by atoms with Crippen molar-refractivity contribution in [2.24, 2.45) is 0 Å². The molecular formula is C25H16BN3. The van der Waals surface area contributed by atoms with Crippen LogP contribution in [0.15, 0.2) is 97.1 Å². The lowest BCUT2D eigenvalue weighted by molar-refractivity contribution is 0.889. The van der Waals surface area contributed by atoms with E-state index in [0.717, 1.165) is 17.0 Å². The first-order valence-corrected chi connectivity index (χ1v) is 9.96. The van der Waals surface area contributed by atoms with Crippen LogP contribution in [0.2, 0.25) is 0 Å². The molecule has 0 atom stereocenters. The van der Waals surface area contributed by atoms with Crippen LogP contribution in [-0.4, -0.2) is 16.6 Å². The van der Waals surface area contributed by atoms with Crippen LogP contribution in [0.1, 0.15) is 0 Å². The zero-order valence-corrected chi connectivity index (χ0v) is 15.7. The van der Waals surface area contributed by atoms with Crippen LogP contribution in [0.4, 0.5) is 11.5 Å². The second kappa shape index (κ2) is 5.39. The molecule has 0 aliphatic carbocycles. The Bertz CT molecular complexity index is 1440. The monoisotopic (exact) mass is 369 g/mol. The molecular weight excluding hydrogens is 353 g/mol. The minimum Gasteiger partial charge on any atom is -0.360 e. The number of nitrogens with zero attached hydrogens (tertiary/aromatic N) is 3. The SMILES string of the molecule is c1ccc2c(c1)B1c3ccccc3-n3nc4ccccc4c3N1c1ccccc1-2. The van der Waals surface area contributed by atoms with Crippen molar-refractivity contribution in [3.8, 4) is 16.8 Å². The van der Waals surface area contributed by atoms with E-state index < -0.39 is 0 Å². The highest BCUT2D eigenvalue weighted by Gasteiger charge is 2.43. The predicted molar refractivity (Wildman–Crippen MR) is 120 cm³/mol. The molecule has 3 heterocycles. The molecule has 0 saturated heterocycles. The standard InChI is InChI=1S/C25H16BN3/c1-4-12-20-17(9-1)18-10-3-7-15-23(18)28-25-19-11-2-6-14-22(19)27-29(25)24-16-8-5-13-21(24)26(20)28/h1-16H. The normalized spacial score (nSPS) is 13.4. The van der Waals surface area contributed by atoms with Gasteiger partial charge in [0, 0.05) is 16.6 Å². The zero-order valence-electron chi connectivity index (χ0n) is 15.7. The topological polar surface area (TPSA) is 21.1 Å². The highest BCUT2D eigenvalue weighted by molar-refractivity contribution is 6.92. The summed E-state index contributed by atoms with van der Waals surface area (Å²) in [5.41, 5.74) is 8.64. The molecule has 0 N–H and O–H groups in total. The number of hydrogen-bond acceptors (Lipinski definition) is 2. The van der Waals surface area contributed by atoms with Crippen LogP contribution in [-0.2, 0) is 0 Å². The van der Waals surface area contributed by atoms with E-state index in [1.54, 1.807) is 0 Å². The third-order valence-corrected chi connectivity index (χ3v) is 6.21. The first kappa shape index (κ1) is 15.2. The van der Waals surface area contributed by atoms with Crippen molar-refractivity contribution in [3.05, 3.63) is 97.1 Å². The van der Waals surface area contributed by atoms with Gasteiger partial charge in [-0.1, -0.05) is 72.8 Å². The summed E-state index contributed by atoms with van der Waals surface area (Å²) in [6.45, 7) is 0.130. The summed E-state index contributed by atoms with van der Waals surface area (Å²) in [5.74, 6) is 1.14. The van der Waals surface area contributed by atoms with E-state index in [-0.39, 0.29) is 6.85 Å². The summed E-state index contributed by atoms with van der Waals surface area (Å²) in [6, 6.07) is 34.6. The third-order valence-electron chi connectivity index (χ3n) is 6.21. The van der Waals surface area contributed by atoms with Gasteiger partial charge in [-0.3, -0.25) is 0 Å². The van der Waals surface area contributed by atoms with Crippen molar-refractivity contribution in [1.29, 1.82) is 0 Å². The van der Waals surface area contributed by atoms with E-state index in [1.165, 1.54) is 33.1 Å². The van der Waals surface area contributed by atoms with E-state index in [4.69, 9.17) is 5.10 Å². The molecule has 0 radical (unpaired) electrons. The van der Waals surface area contributed by atoms with Crippen LogP contribution in [0.5, 0.6) is 0 Å². The molecule has 1 aromatic heterocycles. The Labute approximate surface area is 168 Å². The van der Waals surface area contributed by atoms with Gasteiger partial charge >= 0.3 is 6.85 Å². The van der Waals surface area contributed by atoms with E-state index in [0.29, 0.717) is 0 Å². The van der Waals surface area contributed by atoms with Gasteiger partial charge in [-0.05, 0) is 40.8 Å². The molecule has 4 heteroatoms. The second-order valence-electron chi connectivity index (χ2n) is 7.69. The first-order valence-electron chi connectivity index (χ1n) is 9.96. The maximum Gasteiger partial charge on any atom is 0.332 e. The van der Waals surface area contributed by atoms with E-state index in [2.05, 4.69) is 107 Å². The fourth-order valence-corrected chi connectivity index (χ4v) is 5.04. The number of rotatable bonds is 0. The smallest absolute Gasteiger partial charge is 0.332 e. The Morgan fingerprint density at radius 3 is 2.14 bits per heavy atom. The maximum atomic E-state index is 4.99. The molecule has 2 aliphatic rings. The summed E-state index contributed by atoms with van der Waals surface area (Å²) >= 11 is 0. The second-order valence-corrected chi connectivity index (χ2v) is 7.69. The molecule has 4 aromatic carbocycles. The molecule has 0 unspecified atom stereocenters. The van der Waals surface area contributed by atoms with Crippen molar-refractivity contribution >= 4 is 40.2 Å². The van der Waals surface area contributed by atoms with Gasteiger partial charge in [-0.2, -0.15) is 5.10 Å². The lowest BCUT2D eigenvalue weighted by atomic mass is 9.45. The van der Waals surface area contributed by atoms with Crippen molar-refractivity contribution in [3.63, 3.8) is 0 Å². The summed E-state index contributed by atoms with van der Waals surface area (Å²) in [7, 11) is 0. The highest BCUT2D eigenvalue weighted by Crippen LogP contribution is 2.44. The lowest BCUT2D eigenvalue weighted by Gasteiger charge is -2.42. The van der Waals surface area contributed by atoms with Gasteiger partial charge in [0.2, 0.25) is 0 Å². The lowest BCUT2D eigenvalue weighted by Crippen LogP contribution is -2.60. The molecule has 0 fully saturated rings. The average molecular weight is 369 g/mol. The molecule has 5 aromatic rings. The fraction of sp³-hybridized carbons (Fsp3) is 0. The van der Waals surface area contributed by atoms with E-state index in [9.17, 15) is 0 Å². The molecule has 0 spiro atoms. The Morgan fingerprint density at radius 2 is 1.24 bits per heavy atom. The minimum absolute atomic E-state index is 0.130. The first-order chi connectivity index (χ1) is 14.4. The predicted octanol–water partition coefficient (Wildman–Crippen LogP) is 4.26. The highest BCUT2D eigenvalue weighted by atomic mass is 15.4. The molecule has 0 saturated carbocycles. The van der Waals surface area contributed by atoms with Crippen molar-refractivity contribution in [2.75, 3.05) is 4.81 Å². The quantitative estimate of drug-likeness (QED) is 0.380. The summed E-state index contributed by atoms with van der Waals surface area (Å²) in [6.07, 6.45) is 0. The van der Waals surface area contributed by atoms with Crippen LogP contribution < -0.4 is 15.7 Å². The number of aromatic nitrogens is 2. The molecule has 3 nitrogen and oxygen atoms in total. The summed E-state index contributed by atoms with van der Waals surface area (Å²) in [4.78, 5) is 2.48. The molecule has 7 rings (SSSR count). The average Bonchev–Trinajstić information content (AvgIpc) is 3.19. The van der Waals surface area contributed by atoms with Crippen LogP contribution >= 0.6 is 0 Å². The van der Waals surface area contributed by atoms with Gasteiger partial charge in [-0.15, -0.1) is 0 Å². The Kier molecular flexibility index (Phi) is 2.82. The Balaban J connectivity index is 1.68. The molecule has 134 valence electrons.